The van der Waals surface area contributed by atoms with Gasteiger partial charge in [0.1, 0.15) is 5.75 Å². The van der Waals surface area contributed by atoms with Crippen LogP contribution in [0, 0.1) is 0 Å². The maximum Gasteiger partial charge on any atom is 0.335 e. The molecule has 7 nitrogen and oxygen atoms in total. The van der Waals surface area contributed by atoms with Crippen molar-refractivity contribution in [3.8, 4) is 5.75 Å². The van der Waals surface area contributed by atoms with E-state index >= 15 is 0 Å². The highest BCUT2D eigenvalue weighted by molar-refractivity contribution is 6.03. The molecule has 0 radical (unpaired) electrons. The van der Waals surface area contributed by atoms with Gasteiger partial charge < -0.3 is 20.1 Å². The molecule has 0 atom stereocenters. The SMILES string of the molecule is CC1(C)Oc2ccccc2N(CCC(=O)Nc2ccc(C(=O)O)cc2)C1=O. The minimum absolute atomic E-state index is 0.0941. The number of aromatic carboxylic acids is 1. The maximum absolute atomic E-state index is 12.7. The number of anilines is 2. The van der Waals surface area contributed by atoms with Crippen LogP contribution in [0.5, 0.6) is 5.75 Å². The molecule has 0 fully saturated rings. The Kier molecular flexibility index (Phi) is 4.85. The highest BCUT2D eigenvalue weighted by atomic mass is 16.5. The summed E-state index contributed by atoms with van der Waals surface area (Å²) in [6.07, 6.45) is 0.0941. The number of carboxylic acids is 1. The van der Waals surface area contributed by atoms with Gasteiger partial charge in [0.05, 0.1) is 11.3 Å². The van der Waals surface area contributed by atoms with Gasteiger partial charge in [-0.2, -0.15) is 0 Å². The highest BCUT2D eigenvalue weighted by Crippen LogP contribution is 2.37. The Balaban J connectivity index is 1.67. The van der Waals surface area contributed by atoms with E-state index in [-0.39, 0.29) is 30.3 Å². The van der Waals surface area contributed by atoms with Crippen molar-refractivity contribution in [2.45, 2.75) is 25.9 Å². The standard InChI is InChI=1S/C20H20N2O5/c1-20(2)19(26)22(15-5-3-4-6-16(15)27-20)12-11-17(23)21-14-9-7-13(8-10-14)18(24)25/h3-10H,11-12H2,1-2H3,(H,21,23)(H,24,25). The number of carbonyl (C=O) groups is 3. The summed E-state index contributed by atoms with van der Waals surface area (Å²) >= 11 is 0. The Hall–Kier alpha value is -3.35. The third kappa shape index (κ3) is 3.92. The van der Waals surface area contributed by atoms with Crippen molar-refractivity contribution < 1.29 is 24.2 Å². The third-order valence-corrected chi connectivity index (χ3v) is 4.26. The second kappa shape index (κ2) is 7.11. The molecule has 7 heteroatoms. The molecule has 1 aliphatic rings. The Morgan fingerprint density at radius 3 is 2.44 bits per heavy atom. The molecule has 2 N–H and O–H groups in total. The number of fused-ring (bicyclic) bond motifs is 1. The fourth-order valence-corrected chi connectivity index (χ4v) is 2.87. The van der Waals surface area contributed by atoms with Gasteiger partial charge in [0.25, 0.3) is 5.91 Å². The number of nitrogens with one attached hydrogen (secondary N) is 1. The van der Waals surface area contributed by atoms with E-state index in [4.69, 9.17) is 9.84 Å². The van der Waals surface area contributed by atoms with Crippen molar-refractivity contribution in [3.05, 3.63) is 54.1 Å². The first kappa shape index (κ1) is 18.4. The van der Waals surface area contributed by atoms with E-state index in [9.17, 15) is 14.4 Å². The molecule has 1 aliphatic heterocycles. The number of benzene rings is 2. The summed E-state index contributed by atoms with van der Waals surface area (Å²) in [5.74, 6) is -0.904. The van der Waals surface area contributed by atoms with Gasteiger partial charge in [-0.3, -0.25) is 9.59 Å². The van der Waals surface area contributed by atoms with Gasteiger partial charge in [0.15, 0.2) is 5.60 Å². The first-order valence-corrected chi connectivity index (χ1v) is 8.51. The summed E-state index contributed by atoms with van der Waals surface area (Å²) in [5, 5.41) is 11.6. The normalized spacial score (nSPS) is 14.9. The number of rotatable bonds is 5. The zero-order chi connectivity index (χ0) is 19.6. The molecule has 0 saturated carbocycles. The lowest BCUT2D eigenvalue weighted by Gasteiger charge is -2.38. The Morgan fingerprint density at radius 1 is 1.11 bits per heavy atom. The number of nitrogens with zero attached hydrogens (tertiary/aromatic N) is 1. The number of hydrogen-bond acceptors (Lipinski definition) is 4. The van der Waals surface area contributed by atoms with Gasteiger partial charge in [0, 0.05) is 18.7 Å². The third-order valence-electron chi connectivity index (χ3n) is 4.26. The molecule has 0 saturated heterocycles. The highest BCUT2D eigenvalue weighted by Gasteiger charge is 2.40. The van der Waals surface area contributed by atoms with E-state index in [1.54, 1.807) is 30.9 Å². The number of carbonyl (C=O) groups excluding carboxylic acids is 2. The lowest BCUT2D eigenvalue weighted by Crippen LogP contribution is -2.53. The summed E-state index contributed by atoms with van der Waals surface area (Å²) in [6, 6.07) is 13.1. The lowest BCUT2D eigenvalue weighted by molar-refractivity contribution is -0.132. The molecule has 0 aromatic heterocycles. The van der Waals surface area contributed by atoms with Crippen LogP contribution < -0.4 is 15.0 Å². The number of ether oxygens (including phenoxy) is 1. The van der Waals surface area contributed by atoms with Gasteiger partial charge in [0.2, 0.25) is 5.91 Å². The number of amides is 2. The maximum atomic E-state index is 12.7. The van der Waals surface area contributed by atoms with E-state index in [0.29, 0.717) is 17.1 Å². The first-order valence-electron chi connectivity index (χ1n) is 8.51. The van der Waals surface area contributed by atoms with Crippen LogP contribution in [0.3, 0.4) is 0 Å². The van der Waals surface area contributed by atoms with E-state index < -0.39 is 11.6 Å². The molecule has 2 amide bonds. The minimum Gasteiger partial charge on any atom is -0.478 e. The fraction of sp³-hybridized carbons (Fsp3) is 0.250. The predicted octanol–water partition coefficient (Wildman–Crippen LogP) is 2.92. The molecule has 0 aliphatic carbocycles. The summed E-state index contributed by atoms with van der Waals surface area (Å²) in [4.78, 5) is 37.4. The van der Waals surface area contributed by atoms with Crippen LogP contribution in [-0.4, -0.2) is 35.0 Å². The van der Waals surface area contributed by atoms with Gasteiger partial charge in [-0.1, -0.05) is 12.1 Å². The topological polar surface area (TPSA) is 95.9 Å². The molecule has 0 bridgehead atoms. The van der Waals surface area contributed by atoms with E-state index in [0.717, 1.165) is 0 Å². The smallest absolute Gasteiger partial charge is 0.335 e. The largest absolute Gasteiger partial charge is 0.478 e. The summed E-state index contributed by atoms with van der Waals surface area (Å²) < 4.78 is 5.76. The van der Waals surface area contributed by atoms with E-state index in [1.165, 1.54) is 24.3 Å². The van der Waals surface area contributed by atoms with E-state index in [2.05, 4.69) is 5.32 Å². The zero-order valence-corrected chi connectivity index (χ0v) is 15.1. The predicted molar refractivity (Wildman–Crippen MR) is 100 cm³/mol. The van der Waals surface area contributed by atoms with Crippen LogP contribution >= 0.6 is 0 Å². The molecule has 3 rings (SSSR count). The monoisotopic (exact) mass is 368 g/mol. The zero-order valence-electron chi connectivity index (χ0n) is 15.1. The second-order valence-corrected chi connectivity index (χ2v) is 6.72. The molecule has 0 spiro atoms. The van der Waals surface area contributed by atoms with Gasteiger partial charge in [-0.25, -0.2) is 4.79 Å². The lowest BCUT2D eigenvalue weighted by atomic mass is 10.0. The number of carboxylic acid groups (broad SMARTS) is 1. The summed E-state index contributed by atoms with van der Waals surface area (Å²) in [5.41, 5.74) is 0.280. The second-order valence-electron chi connectivity index (χ2n) is 6.72. The first-order chi connectivity index (χ1) is 12.8. The van der Waals surface area contributed by atoms with Crippen LogP contribution in [0.4, 0.5) is 11.4 Å². The van der Waals surface area contributed by atoms with Crippen molar-refractivity contribution >= 4 is 29.2 Å². The minimum atomic E-state index is -1.03. The van der Waals surface area contributed by atoms with Crippen molar-refractivity contribution in [1.82, 2.24) is 0 Å². The van der Waals surface area contributed by atoms with Crippen molar-refractivity contribution in [2.24, 2.45) is 0 Å². The number of para-hydroxylation sites is 2. The van der Waals surface area contributed by atoms with Crippen molar-refractivity contribution in [3.63, 3.8) is 0 Å². The summed E-state index contributed by atoms with van der Waals surface area (Å²) in [7, 11) is 0. The van der Waals surface area contributed by atoms with Gasteiger partial charge in [-0.05, 0) is 50.2 Å². The van der Waals surface area contributed by atoms with Crippen LogP contribution in [0.2, 0.25) is 0 Å². The van der Waals surface area contributed by atoms with Gasteiger partial charge in [-0.15, -0.1) is 0 Å². The quantitative estimate of drug-likeness (QED) is 0.846. The Morgan fingerprint density at radius 2 is 1.78 bits per heavy atom. The molecule has 0 unspecified atom stereocenters. The van der Waals surface area contributed by atoms with Crippen LogP contribution in [0.1, 0.15) is 30.6 Å². The Labute approximate surface area is 156 Å². The average molecular weight is 368 g/mol. The number of hydrogen-bond donors (Lipinski definition) is 2. The van der Waals surface area contributed by atoms with Crippen molar-refractivity contribution in [2.75, 3.05) is 16.8 Å². The molecule has 2 aromatic carbocycles. The molecular formula is C20H20N2O5. The molecule has 140 valence electrons. The van der Waals surface area contributed by atoms with Crippen molar-refractivity contribution in [1.29, 1.82) is 0 Å². The van der Waals surface area contributed by atoms with Crippen LogP contribution in [0.15, 0.2) is 48.5 Å². The van der Waals surface area contributed by atoms with Crippen LogP contribution in [-0.2, 0) is 9.59 Å². The van der Waals surface area contributed by atoms with Gasteiger partial charge >= 0.3 is 5.97 Å². The average Bonchev–Trinajstić information content (AvgIpc) is 2.62. The molecule has 2 aromatic rings. The molecule has 1 heterocycles. The van der Waals surface area contributed by atoms with Crippen LogP contribution in [0.25, 0.3) is 0 Å². The molecular weight excluding hydrogens is 348 g/mol. The fourth-order valence-electron chi connectivity index (χ4n) is 2.87. The molecule has 27 heavy (non-hydrogen) atoms. The van der Waals surface area contributed by atoms with E-state index in [1.807, 2.05) is 12.1 Å². The Bertz CT molecular complexity index is 890. The summed E-state index contributed by atoms with van der Waals surface area (Å²) in [6.45, 7) is 3.60.